The van der Waals surface area contributed by atoms with Crippen LogP contribution in [-0.2, 0) is 13.1 Å². The topological polar surface area (TPSA) is 46.0 Å². The zero-order chi connectivity index (χ0) is 13.1. The summed E-state index contributed by atoms with van der Waals surface area (Å²) in [5, 5.41) is 11.7. The van der Waals surface area contributed by atoms with E-state index in [4.69, 9.17) is 0 Å². The van der Waals surface area contributed by atoms with Crippen LogP contribution in [0.3, 0.4) is 0 Å². The molecule has 0 atom stereocenters. The van der Waals surface area contributed by atoms with Gasteiger partial charge in [-0.1, -0.05) is 19.3 Å². The minimum Gasteiger partial charge on any atom is -0.319 e. The summed E-state index contributed by atoms with van der Waals surface area (Å²) in [6.07, 6.45) is 8.81. The predicted octanol–water partition coefficient (Wildman–Crippen LogP) is 1.26. The monoisotopic (exact) mass is 263 g/mol. The van der Waals surface area contributed by atoms with Crippen molar-refractivity contribution in [1.82, 2.24) is 25.0 Å². The molecule has 1 saturated carbocycles. The summed E-state index contributed by atoms with van der Waals surface area (Å²) in [6.45, 7) is 5.50. The zero-order valence-corrected chi connectivity index (χ0v) is 11.9. The van der Waals surface area contributed by atoms with Crippen LogP contribution in [0, 0.1) is 5.41 Å². The van der Waals surface area contributed by atoms with Gasteiger partial charge in [0, 0.05) is 26.2 Å². The van der Waals surface area contributed by atoms with E-state index in [1.165, 1.54) is 38.6 Å². The Labute approximate surface area is 115 Å². The van der Waals surface area contributed by atoms with E-state index in [-0.39, 0.29) is 0 Å². The molecule has 1 aliphatic heterocycles. The van der Waals surface area contributed by atoms with E-state index in [0.717, 1.165) is 32.0 Å². The van der Waals surface area contributed by atoms with E-state index in [9.17, 15) is 0 Å². The van der Waals surface area contributed by atoms with Crippen LogP contribution in [0.1, 0.15) is 37.9 Å². The molecule has 1 N–H and O–H groups in total. The van der Waals surface area contributed by atoms with Gasteiger partial charge in [-0.2, -0.15) is 0 Å². The Morgan fingerprint density at radius 3 is 2.89 bits per heavy atom. The lowest BCUT2D eigenvalue weighted by molar-refractivity contribution is 0.0859. The highest BCUT2D eigenvalue weighted by atomic mass is 15.3. The zero-order valence-electron chi connectivity index (χ0n) is 11.9. The highest BCUT2D eigenvalue weighted by Crippen LogP contribution is 2.37. The van der Waals surface area contributed by atoms with Crippen molar-refractivity contribution < 1.29 is 0 Å². The van der Waals surface area contributed by atoms with E-state index < -0.39 is 0 Å². The third kappa shape index (κ3) is 2.82. The first kappa shape index (κ1) is 13.1. The molecule has 0 amide bonds. The first-order chi connectivity index (χ1) is 9.31. The lowest BCUT2D eigenvalue weighted by Crippen LogP contribution is -2.46. The molecular formula is C14H25N5. The Bertz CT molecular complexity index is 402. The van der Waals surface area contributed by atoms with Gasteiger partial charge in [0.15, 0.2) is 0 Å². The number of fused-ring (bicyclic) bond motifs is 1. The average Bonchev–Trinajstić information content (AvgIpc) is 2.87. The molecule has 1 fully saturated rings. The van der Waals surface area contributed by atoms with Crippen LogP contribution in [0.15, 0.2) is 6.33 Å². The van der Waals surface area contributed by atoms with Crippen molar-refractivity contribution in [2.45, 2.75) is 45.2 Å². The number of hydrogen-bond donors (Lipinski definition) is 1. The van der Waals surface area contributed by atoms with Crippen LogP contribution in [0.2, 0.25) is 0 Å². The maximum Gasteiger partial charge on any atom is 0.147 e. The van der Waals surface area contributed by atoms with Crippen molar-refractivity contribution in [3.05, 3.63) is 12.2 Å². The normalized spacial score (nSPS) is 23.2. The van der Waals surface area contributed by atoms with Gasteiger partial charge in [0.1, 0.15) is 12.2 Å². The Kier molecular flexibility index (Phi) is 3.84. The molecule has 19 heavy (non-hydrogen) atoms. The van der Waals surface area contributed by atoms with Crippen LogP contribution in [0.25, 0.3) is 0 Å². The highest BCUT2D eigenvalue weighted by molar-refractivity contribution is 4.93. The smallest absolute Gasteiger partial charge is 0.147 e. The van der Waals surface area contributed by atoms with Gasteiger partial charge in [-0.3, -0.25) is 4.90 Å². The van der Waals surface area contributed by atoms with E-state index in [0.29, 0.717) is 5.41 Å². The molecule has 0 aromatic carbocycles. The lowest BCUT2D eigenvalue weighted by atomic mass is 9.73. The lowest BCUT2D eigenvalue weighted by Gasteiger charge is -2.42. The molecular weight excluding hydrogens is 238 g/mol. The van der Waals surface area contributed by atoms with Gasteiger partial charge in [-0.05, 0) is 25.3 Å². The number of hydrogen-bond acceptors (Lipinski definition) is 4. The van der Waals surface area contributed by atoms with Crippen molar-refractivity contribution >= 4 is 0 Å². The van der Waals surface area contributed by atoms with Crippen molar-refractivity contribution in [3.63, 3.8) is 0 Å². The van der Waals surface area contributed by atoms with Crippen molar-refractivity contribution in [2.75, 3.05) is 26.7 Å². The summed E-state index contributed by atoms with van der Waals surface area (Å²) in [6, 6.07) is 0. The first-order valence-corrected chi connectivity index (χ1v) is 7.55. The Morgan fingerprint density at radius 1 is 1.26 bits per heavy atom. The molecule has 0 bridgehead atoms. The largest absolute Gasteiger partial charge is 0.319 e. The van der Waals surface area contributed by atoms with Crippen LogP contribution in [-0.4, -0.2) is 46.3 Å². The van der Waals surface area contributed by atoms with Crippen LogP contribution in [0.5, 0.6) is 0 Å². The molecule has 0 saturated heterocycles. The molecule has 2 heterocycles. The summed E-state index contributed by atoms with van der Waals surface area (Å²) in [5.74, 6) is 1.13. The first-order valence-electron chi connectivity index (χ1n) is 7.55. The van der Waals surface area contributed by atoms with Gasteiger partial charge in [-0.15, -0.1) is 10.2 Å². The minimum atomic E-state index is 0.481. The fourth-order valence-electron chi connectivity index (χ4n) is 3.79. The van der Waals surface area contributed by atoms with Crippen LogP contribution in [0.4, 0.5) is 0 Å². The van der Waals surface area contributed by atoms with Crippen molar-refractivity contribution in [3.8, 4) is 0 Å². The minimum absolute atomic E-state index is 0.481. The van der Waals surface area contributed by atoms with Crippen molar-refractivity contribution in [1.29, 1.82) is 0 Å². The summed E-state index contributed by atoms with van der Waals surface area (Å²) >= 11 is 0. The maximum atomic E-state index is 4.22. The third-order valence-electron chi connectivity index (χ3n) is 4.74. The molecule has 0 radical (unpaired) electrons. The Morgan fingerprint density at radius 2 is 2.11 bits per heavy atom. The average molecular weight is 263 g/mol. The second-order valence-corrected chi connectivity index (χ2v) is 6.24. The number of aromatic nitrogens is 3. The fourth-order valence-corrected chi connectivity index (χ4v) is 3.79. The van der Waals surface area contributed by atoms with Gasteiger partial charge in [0.05, 0.1) is 6.54 Å². The predicted molar refractivity (Wildman–Crippen MR) is 74.7 cm³/mol. The second-order valence-electron chi connectivity index (χ2n) is 6.24. The molecule has 1 aliphatic carbocycles. The molecule has 1 aromatic rings. The van der Waals surface area contributed by atoms with Gasteiger partial charge in [-0.25, -0.2) is 0 Å². The Balaban J connectivity index is 1.66. The molecule has 3 rings (SSSR count). The van der Waals surface area contributed by atoms with Crippen LogP contribution < -0.4 is 5.32 Å². The third-order valence-corrected chi connectivity index (χ3v) is 4.74. The molecule has 0 spiro atoms. The standard InChI is InChI=1S/C14H25N5/c1-15-10-14(5-3-2-4-6-14)11-18-7-8-19-12-16-17-13(19)9-18/h12,15H,2-11H2,1H3. The van der Waals surface area contributed by atoms with Crippen molar-refractivity contribution in [2.24, 2.45) is 5.41 Å². The van der Waals surface area contributed by atoms with Crippen LogP contribution >= 0.6 is 0 Å². The molecule has 1 aromatic heterocycles. The SMILES string of the molecule is CNCC1(CN2CCn3cnnc3C2)CCCCC1. The van der Waals surface area contributed by atoms with Gasteiger partial charge in [0.25, 0.3) is 0 Å². The summed E-state index contributed by atoms with van der Waals surface area (Å²) < 4.78 is 2.18. The van der Waals surface area contributed by atoms with E-state index in [1.54, 1.807) is 0 Å². The fraction of sp³-hybridized carbons (Fsp3) is 0.857. The Hall–Kier alpha value is -0.940. The van der Waals surface area contributed by atoms with Gasteiger partial charge < -0.3 is 9.88 Å². The van der Waals surface area contributed by atoms with E-state index in [1.807, 2.05) is 6.33 Å². The summed E-state index contributed by atoms with van der Waals surface area (Å²) in [7, 11) is 2.09. The number of rotatable bonds is 4. The van der Waals surface area contributed by atoms with E-state index >= 15 is 0 Å². The molecule has 2 aliphatic rings. The molecule has 0 unspecified atom stereocenters. The molecule has 5 nitrogen and oxygen atoms in total. The van der Waals surface area contributed by atoms with Gasteiger partial charge in [0.2, 0.25) is 0 Å². The summed E-state index contributed by atoms with van der Waals surface area (Å²) in [5.41, 5.74) is 0.481. The summed E-state index contributed by atoms with van der Waals surface area (Å²) in [4.78, 5) is 2.58. The maximum absolute atomic E-state index is 4.22. The molecule has 106 valence electrons. The number of nitrogens with one attached hydrogen (secondary N) is 1. The van der Waals surface area contributed by atoms with E-state index in [2.05, 4.69) is 32.0 Å². The second kappa shape index (κ2) is 5.59. The quantitative estimate of drug-likeness (QED) is 0.888. The number of nitrogens with zero attached hydrogens (tertiary/aromatic N) is 4. The molecule has 5 heteroatoms. The van der Waals surface area contributed by atoms with Gasteiger partial charge >= 0.3 is 0 Å². The highest BCUT2D eigenvalue weighted by Gasteiger charge is 2.34.